The van der Waals surface area contributed by atoms with Crippen LogP contribution in [-0.2, 0) is 6.42 Å². The summed E-state index contributed by atoms with van der Waals surface area (Å²) in [5.41, 5.74) is 2.81. The Bertz CT molecular complexity index is 892. The molecule has 3 rings (SSSR count). The number of benzene rings is 2. The Morgan fingerprint density at radius 2 is 1.83 bits per heavy atom. The third kappa shape index (κ3) is 3.57. The zero-order valence-electron chi connectivity index (χ0n) is 12.5. The first-order chi connectivity index (χ1) is 11.1. The average Bonchev–Trinajstić information content (AvgIpc) is 2.54. The van der Waals surface area contributed by atoms with Gasteiger partial charge in [0.25, 0.3) is 5.56 Å². The molecule has 0 atom stereocenters. The molecule has 116 valence electrons. The monoisotopic (exact) mass is 326 g/mol. The molecule has 23 heavy (non-hydrogen) atoms. The molecule has 2 N–H and O–H groups in total. The Morgan fingerprint density at radius 1 is 1.09 bits per heavy atom. The van der Waals surface area contributed by atoms with Crippen LogP contribution in [0, 0.1) is 6.92 Å². The van der Waals surface area contributed by atoms with Crippen molar-refractivity contribution in [3.05, 3.63) is 80.7 Å². The van der Waals surface area contributed by atoms with E-state index >= 15 is 0 Å². The van der Waals surface area contributed by atoms with Gasteiger partial charge in [-0.15, -0.1) is 10.2 Å². The minimum absolute atomic E-state index is 0.281. The van der Waals surface area contributed by atoms with Crippen molar-refractivity contribution in [3.63, 3.8) is 0 Å². The van der Waals surface area contributed by atoms with Crippen LogP contribution in [0.25, 0.3) is 0 Å². The Kier molecular flexibility index (Phi) is 4.39. The van der Waals surface area contributed by atoms with Crippen molar-refractivity contribution >= 4 is 23.2 Å². The first kappa shape index (κ1) is 15.2. The molecule has 0 unspecified atom stereocenters. The van der Waals surface area contributed by atoms with Crippen LogP contribution in [-0.4, -0.2) is 15.2 Å². The second-order valence-electron chi connectivity index (χ2n) is 5.16. The van der Waals surface area contributed by atoms with Gasteiger partial charge in [0.05, 0.1) is 0 Å². The summed E-state index contributed by atoms with van der Waals surface area (Å²) < 4.78 is 0. The standard InChI is InChI=1S/C17H15ClN4O/c1-11-6-2-5-9-14(11)19-17-20-16(23)15(21-22-17)10-12-7-3-4-8-13(12)18/h2-9H,10H2,1H3,(H2,19,20,22,23). The number of anilines is 2. The van der Waals surface area contributed by atoms with Crippen molar-refractivity contribution in [2.24, 2.45) is 0 Å². The van der Waals surface area contributed by atoms with E-state index in [1.165, 1.54) is 0 Å². The number of aromatic amines is 1. The molecular formula is C17H15ClN4O. The molecule has 0 spiro atoms. The van der Waals surface area contributed by atoms with Gasteiger partial charge in [0.1, 0.15) is 5.69 Å². The molecule has 0 amide bonds. The molecule has 0 aliphatic carbocycles. The number of H-pyrrole nitrogens is 1. The summed E-state index contributed by atoms with van der Waals surface area (Å²) in [5.74, 6) is 0.312. The first-order valence-corrected chi connectivity index (χ1v) is 7.53. The molecular weight excluding hydrogens is 312 g/mol. The summed E-state index contributed by atoms with van der Waals surface area (Å²) in [4.78, 5) is 14.9. The molecule has 0 saturated carbocycles. The van der Waals surface area contributed by atoms with Crippen LogP contribution < -0.4 is 10.9 Å². The number of nitrogens with one attached hydrogen (secondary N) is 2. The van der Waals surface area contributed by atoms with Crippen LogP contribution in [0.5, 0.6) is 0 Å². The van der Waals surface area contributed by atoms with Crippen LogP contribution in [0.2, 0.25) is 5.02 Å². The molecule has 3 aromatic rings. The van der Waals surface area contributed by atoms with E-state index in [9.17, 15) is 4.79 Å². The Morgan fingerprint density at radius 3 is 2.57 bits per heavy atom. The van der Waals surface area contributed by atoms with Crippen molar-refractivity contribution in [3.8, 4) is 0 Å². The largest absolute Gasteiger partial charge is 0.324 e. The van der Waals surface area contributed by atoms with E-state index in [1.807, 2.05) is 49.4 Å². The van der Waals surface area contributed by atoms with Gasteiger partial charge in [-0.25, -0.2) is 0 Å². The lowest BCUT2D eigenvalue weighted by Gasteiger charge is -2.08. The van der Waals surface area contributed by atoms with Gasteiger partial charge in [-0.1, -0.05) is 48.0 Å². The number of aryl methyl sites for hydroxylation is 1. The fourth-order valence-corrected chi connectivity index (χ4v) is 2.40. The summed E-state index contributed by atoms with van der Waals surface area (Å²) in [5, 5.41) is 11.7. The smallest absolute Gasteiger partial charge is 0.274 e. The number of nitrogens with zero attached hydrogens (tertiary/aromatic N) is 2. The van der Waals surface area contributed by atoms with Crippen molar-refractivity contribution in [2.75, 3.05) is 5.32 Å². The molecule has 0 saturated heterocycles. The van der Waals surface area contributed by atoms with Crippen molar-refractivity contribution in [1.82, 2.24) is 15.2 Å². The molecule has 0 aliphatic rings. The predicted molar refractivity (Wildman–Crippen MR) is 91.4 cm³/mol. The van der Waals surface area contributed by atoms with Crippen molar-refractivity contribution < 1.29 is 0 Å². The summed E-state index contributed by atoms with van der Waals surface area (Å²) >= 11 is 6.11. The second-order valence-corrected chi connectivity index (χ2v) is 5.56. The maximum Gasteiger partial charge on any atom is 0.274 e. The minimum Gasteiger partial charge on any atom is -0.324 e. The molecule has 1 heterocycles. The average molecular weight is 327 g/mol. The van der Waals surface area contributed by atoms with E-state index in [4.69, 9.17) is 11.6 Å². The third-order valence-corrected chi connectivity index (χ3v) is 3.85. The Balaban J connectivity index is 1.83. The number of halogens is 1. The molecule has 0 bridgehead atoms. The first-order valence-electron chi connectivity index (χ1n) is 7.15. The quantitative estimate of drug-likeness (QED) is 0.770. The second kappa shape index (κ2) is 6.62. The van der Waals surface area contributed by atoms with Gasteiger partial charge in [0, 0.05) is 17.1 Å². The summed E-state index contributed by atoms with van der Waals surface area (Å²) in [6.07, 6.45) is 0.340. The lowest BCUT2D eigenvalue weighted by molar-refractivity contribution is 0.874. The van der Waals surface area contributed by atoms with E-state index in [0.29, 0.717) is 23.1 Å². The summed E-state index contributed by atoms with van der Waals surface area (Å²) in [6.45, 7) is 1.97. The summed E-state index contributed by atoms with van der Waals surface area (Å²) in [7, 11) is 0. The highest BCUT2D eigenvalue weighted by Crippen LogP contribution is 2.18. The predicted octanol–water partition coefficient (Wildman–Crippen LogP) is 3.46. The van der Waals surface area contributed by atoms with Gasteiger partial charge in [-0.3, -0.25) is 9.78 Å². The van der Waals surface area contributed by atoms with Crippen molar-refractivity contribution in [1.29, 1.82) is 0 Å². The number of para-hydroxylation sites is 1. The van der Waals surface area contributed by atoms with Crippen LogP contribution in [0.15, 0.2) is 53.3 Å². The van der Waals surface area contributed by atoms with Crippen LogP contribution in [0.4, 0.5) is 11.6 Å². The maximum absolute atomic E-state index is 12.2. The van der Waals surface area contributed by atoms with E-state index in [1.54, 1.807) is 6.07 Å². The van der Waals surface area contributed by atoms with Crippen molar-refractivity contribution in [2.45, 2.75) is 13.3 Å². The van der Waals surface area contributed by atoms with Gasteiger partial charge in [0.2, 0.25) is 5.95 Å². The van der Waals surface area contributed by atoms with Crippen LogP contribution in [0.1, 0.15) is 16.8 Å². The minimum atomic E-state index is -0.281. The topological polar surface area (TPSA) is 70.7 Å². The van der Waals surface area contributed by atoms with E-state index in [-0.39, 0.29) is 5.56 Å². The van der Waals surface area contributed by atoms with E-state index in [2.05, 4.69) is 20.5 Å². The third-order valence-electron chi connectivity index (χ3n) is 3.48. The Hall–Kier alpha value is -2.66. The number of aromatic nitrogens is 3. The lowest BCUT2D eigenvalue weighted by Crippen LogP contribution is -2.19. The van der Waals surface area contributed by atoms with Gasteiger partial charge in [-0.05, 0) is 30.2 Å². The molecule has 0 radical (unpaired) electrons. The van der Waals surface area contributed by atoms with Gasteiger partial charge in [-0.2, -0.15) is 0 Å². The number of rotatable bonds is 4. The van der Waals surface area contributed by atoms with Crippen LogP contribution >= 0.6 is 11.6 Å². The molecule has 2 aromatic carbocycles. The zero-order chi connectivity index (χ0) is 16.2. The van der Waals surface area contributed by atoms with Gasteiger partial charge in [0.15, 0.2) is 0 Å². The Labute approximate surface area is 138 Å². The number of hydrogen-bond donors (Lipinski definition) is 2. The molecule has 1 aromatic heterocycles. The highest BCUT2D eigenvalue weighted by atomic mass is 35.5. The normalized spacial score (nSPS) is 10.5. The van der Waals surface area contributed by atoms with Crippen LogP contribution in [0.3, 0.4) is 0 Å². The highest BCUT2D eigenvalue weighted by molar-refractivity contribution is 6.31. The molecule has 6 heteroatoms. The highest BCUT2D eigenvalue weighted by Gasteiger charge is 2.09. The molecule has 5 nitrogen and oxygen atoms in total. The molecule has 0 fully saturated rings. The van der Waals surface area contributed by atoms with E-state index < -0.39 is 0 Å². The fourth-order valence-electron chi connectivity index (χ4n) is 2.20. The zero-order valence-corrected chi connectivity index (χ0v) is 13.3. The fraction of sp³-hybridized carbons (Fsp3) is 0.118. The van der Waals surface area contributed by atoms with Gasteiger partial charge < -0.3 is 5.32 Å². The lowest BCUT2D eigenvalue weighted by atomic mass is 10.1. The number of hydrogen-bond acceptors (Lipinski definition) is 4. The SMILES string of the molecule is Cc1ccccc1Nc1nnc(Cc2ccccc2Cl)c(=O)[nH]1. The van der Waals surface area contributed by atoms with E-state index in [0.717, 1.165) is 16.8 Å². The van der Waals surface area contributed by atoms with Gasteiger partial charge >= 0.3 is 0 Å². The molecule has 0 aliphatic heterocycles. The maximum atomic E-state index is 12.2. The summed E-state index contributed by atoms with van der Waals surface area (Å²) in [6, 6.07) is 15.1.